The van der Waals surface area contributed by atoms with Crippen LogP contribution in [-0.2, 0) is 14.3 Å². The van der Waals surface area contributed by atoms with Crippen LogP contribution in [0.1, 0.15) is 38.7 Å². The average molecular weight is 355 g/mol. The van der Waals surface area contributed by atoms with E-state index in [1.807, 2.05) is 54.6 Å². The average Bonchev–Trinajstić information content (AvgIpc) is 2.63. The maximum atomic E-state index is 12.1. The molecule has 0 heterocycles. The lowest BCUT2D eigenvalue weighted by atomic mass is 10.0. The summed E-state index contributed by atoms with van der Waals surface area (Å²) in [5.74, 6) is 0.284. The number of carbonyl (C=O) groups excluding carboxylic acids is 2. The van der Waals surface area contributed by atoms with Crippen molar-refractivity contribution >= 4 is 17.6 Å². The van der Waals surface area contributed by atoms with Crippen LogP contribution >= 0.6 is 0 Å². The van der Waals surface area contributed by atoms with Crippen molar-refractivity contribution in [3.8, 4) is 5.75 Å². The monoisotopic (exact) mass is 355 g/mol. The van der Waals surface area contributed by atoms with Gasteiger partial charge in [-0.2, -0.15) is 0 Å². The second-order valence-corrected chi connectivity index (χ2v) is 6.31. The van der Waals surface area contributed by atoms with Gasteiger partial charge in [0.25, 0.3) is 5.91 Å². The Morgan fingerprint density at radius 2 is 1.62 bits per heavy atom. The first-order valence-corrected chi connectivity index (χ1v) is 8.74. The molecule has 2 aromatic rings. The van der Waals surface area contributed by atoms with Crippen LogP contribution in [0.5, 0.6) is 5.75 Å². The molecule has 0 saturated heterocycles. The fourth-order valence-electron chi connectivity index (χ4n) is 2.27. The minimum atomic E-state index is -0.871. The third-order valence-electron chi connectivity index (χ3n) is 3.84. The zero-order chi connectivity index (χ0) is 18.9. The molecule has 0 saturated carbocycles. The summed E-state index contributed by atoms with van der Waals surface area (Å²) in [4.78, 5) is 24.0. The summed E-state index contributed by atoms with van der Waals surface area (Å²) >= 11 is 0. The molecule has 0 aliphatic rings. The van der Waals surface area contributed by atoms with Gasteiger partial charge in [-0.05, 0) is 42.7 Å². The van der Waals surface area contributed by atoms with E-state index in [-0.39, 0.29) is 18.9 Å². The van der Waals surface area contributed by atoms with Crippen molar-refractivity contribution < 1.29 is 19.1 Å². The minimum Gasteiger partial charge on any atom is -0.493 e. The zero-order valence-corrected chi connectivity index (χ0v) is 15.4. The van der Waals surface area contributed by atoms with Gasteiger partial charge in [0, 0.05) is 5.69 Å². The molecular weight excluding hydrogens is 330 g/mol. The largest absolute Gasteiger partial charge is 0.493 e. The number of anilines is 1. The predicted molar refractivity (Wildman–Crippen MR) is 101 cm³/mol. The Hall–Kier alpha value is -2.82. The molecule has 138 valence electrons. The Labute approximate surface area is 154 Å². The molecule has 5 nitrogen and oxygen atoms in total. The van der Waals surface area contributed by atoms with Crippen LogP contribution in [-0.4, -0.2) is 24.6 Å². The molecule has 0 aliphatic heterocycles. The van der Waals surface area contributed by atoms with Gasteiger partial charge in [-0.3, -0.25) is 9.59 Å². The predicted octanol–water partition coefficient (Wildman–Crippen LogP) is 4.15. The molecule has 1 atom stereocenters. The second kappa shape index (κ2) is 9.61. The number of carbonyl (C=O) groups is 2. The van der Waals surface area contributed by atoms with E-state index in [9.17, 15) is 9.59 Å². The fourth-order valence-corrected chi connectivity index (χ4v) is 2.27. The van der Waals surface area contributed by atoms with Gasteiger partial charge in [0.2, 0.25) is 0 Å². The number of ether oxygens (including phenoxy) is 2. The molecular formula is C21H25NO4. The maximum absolute atomic E-state index is 12.1. The zero-order valence-electron chi connectivity index (χ0n) is 15.4. The first-order chi connectivity index (χ1) is 12.5. The molecule has 0 aromatic heterocycles. The van der Waals surface area contributed by atoms with E-state index < -0.39 is 12.1 Å². The first kappa shape index (κ1) is 19.5. The standard InChI is InChI=1S/C21H25NO4/c1-15(2)17-9-11-18(12-10-17)22-21(24)16(3)26-20(23)13-14-25-19-7-5-4-6-8-19/h4-12,15-16H,13-14H2,1-3H3,(H,22,24)/t16-/m1/s1. The number of rotatable bonds is 8. The number of hydrogen-bond donors (Lipinski definition) is 1. The maximum Gasteiger partial charge on any atom is 0.310 e. The van der Waals surface area contributed by atoms with E-state index in [4.69, 9.17) is 9.47 Å². The Morgan fingerprint density at radius 3 is 2.23 bits per heavy atom. The summed E-state index contributed by atoms with van der Waals surface area (Å²) in [6, 6.07) is 16.8. The summed E-state index contributed by atoms with van der Waals surface area (Å²) in [5, 5.41) is 2.75. The lowest BCUT2D eigenvalue weighted by molar-refractivity contribution is -0.153. The van der Waals surface area contributed by atoms with Gasteiger partial charge in [0.15, 0.2) is 6.10 Å². The van der Waals surface area contributed by atoms with Crippen LogP contribution in [0.3, 0.4) is 0 Å². The molecule has 0 bridgehead atoms. The van der Waals surface area contributed by atoms with Crippen molar-refractivity contribution in [2.45, 2.75) is 39.2 Å². The van der Waals surface area contributed by atoms with Gasteiger partial charge in [-0.25, -0.2) is 0 Å². The molecule has 1 N–H and O–H groups in total. The van der Waals surface area contributed by atoms with E-state index in [2.05, 4.69) is 19.2 Å². The molecule has 0 spiro atoms. The first-order valence-electron chi connectivity index (χ1n) is 8.74. The van der Waals surface area contributed by atoms with Crippen LogP contribution < -0.4 is 10.1 Å². The van der Waals surface area contributed by atoms with Crippen LogP contribution in [0, 0.1) is 0 Å². The number of benzene rings is 2. The van der Waals surface area contributed by atoms with Gasteiger partial charge < -0.3 is 14.8 Å². The number of para-hydroxylation sites is 1. The highest BCUT2D eigenvalue weighted by Gasteiger charge is 2.18. The van der Waals surface area contributed by atoms with E-state index in [1.165, 1.54) is 5.56 Å². The molecule has 2 aromatic carbocycles. The van der Waals surface area contributed by atoms with E-state index in [0.29, 0.717) is 17.4 Å². The van der Waals surface area contributed by atoms with Crippen LogP contribution in [0.4, 0.5) is 5.69 Å². The highest BCUT2D eigenvalue weighted by molar-refractivity contribution is 5.95. The highest BCUT2D eigenvalue weighted by Crippen LogP contribution is 2.17. The lowest BCUT2D eigenvalue weighted by Gasteiger charge is -2.14. The van der Waals surface area contributed by atoms with Gasteiger partial charge in [0.1, 0.15) is 5.75 Å². The van der Waals surface area contributed by atoms with Crippen LogP contribution in [0.15, 0.2) is 54.6 Å². The fraction of sp³-hybridized carbons (Fsp3) is 0.333. The summed E-state index contributed by atoms with van der Waals surface area (Å²) in [6.07, 6.45) is -0.792. The second-order valence-electron chi connectivity index (χ2n) is 6.31. The Balaban J connectivity index is 1.74. The topological polar surface area (TPSA) is 64.6 Å². The third kappa shape index (κ3) is 6.24. The van der Waals surface area contributed by atoms with Crippen molar-refractivity contribution in [1.82, 2.24) is 0 Å². The minimum absolute atomic E-state index is 0.0790. The molecule has 26 heavy (non-hydrogen) atoms. The summed E-state index contributed by atoms with van der Waals surface area (Å²) in [5.41, 5.74) is 1.87. The number of amides is 1. The smallest absolute Gasteiger partial charge is 0.310 e. The number of nitrogens with one attached hydrogen (secondary N) is 1. The van der Waals surface area contributed by atoms with Gasteiger partial charge in [0.05, 0.1) is 13.0 Å². The van der Waals surface area contributed by atoms with Crippen molar-refractivity contribution in [2.24, 2.45) is 0 Å². The van der Waals surface area contributed by atoms with E-state index in [1.54, 1.807) is 6.92 Å². The molecule has 1 amide bonds. The Kier molecular flexibility index (Phi) is 7.21. The molecule has 2 rings (SSSR count). The van der Waals surface area contributed by atoms with Crippen LogP contribution in [0.2, 0.25) is 0 Å². The van der Waals surface area contributed by atoms with Crippen LogP contribution in [0.25, 0.3) is 0 Å². The van der Waals surface area contributed by atoms with Crippen molar-refractivity contribution in [3.63, 3.8) is 0 Å². The molecule has 0 aliphatic carbocycles. The number of hydrogen-bond acceptors (Lipinski definition) is 4. The number of esters is 1. The molecule has 0 unspecified atom stereocenters. The van der Waals surface area contributed by atoms with Gasteiger partial charge in [-0.15, -0.1) is 0 Å². The van der Waals surface area contributed by atoms with Crippen molar-refractivity contribution in [3.05, 3.63) is 60.2 Å². The van der Waals surface area contributed by atoms with Gasteiger partial charge >= 0.3 is 5.97 Å². The Bertz CT molecular complexity index is 711. The Morgan fingerprint density at radius 1 is 0.962 bits per heavy atom. The lowest BCUT2D eigenvalue weighted by Crippen LogP contribution is -2.30. The highest BCUT2D eigenvalue weighted by atomic mass is 16.5. The molecule has 5 heteroatoms. The van der Waals surface area contributed by atoms with E-state index >= 15 is 0 Å². The summed E-state index contributed by atoms with van der Waals surface area (Å²) in [6.45, 7) is 5.97. The summed E-state index contributed by atoms with van der Waals surface area (Å²) in [7, 11) is 0. The normalized spacial score (nSPS) is 11.7. The van der Waals surface area contributed by atoms with Crippen molar-refractivity contribution in [2.75, 3.05) is 11.9 Å². The molecule has 0 radical (unpaired) electrons. The van der Waals surface area contributed by atoms with Crippen molar-refractivity contribution in [1.29, 1.82) is 0 Å². The van der Waals surface area contributed by atoms with E-state index in [0.717, 1.165) is 0 Å². The molecule has 0 fully saturated rings. The SMILES string of the molecule is CC(C)c1ccc(NC(=O)[C@@H](C)OC(=O)CCOc2ccccc2)cc1. The van der Waals surface area contributed by atoms with Gasteiger partial charge in [-0.1, -0.05) is 44.2 Å². The quantitative estimate of drug-likeness (QED) is 0.723. The third-order valence-corrected chi connectivity index (χ3v) is 3.84. The summed E-state index contributed by atoms with van der Waals surface area (Å²) < 4.78 is 10.6.